The third-order valence-electron chi connectivity index (χ3n) is 1.78. The van der Waals surface area contributed by atoms with Gasteiger partial charge in [-0.1, -0.05) is 24.9 Å². The van der Waals surface area contributed by atoms with Crippen molar-refractivity contribution in [2.75, 3.05) is 5.75 Å². The lowest BCUT2D eigenvalue weighted by Crippen LogP contribution is -2.13. The second-order valence-corrected chi connectivity index (χ2v) is 5.28. The molecule has 0 saturated heterocycles. The maximum absolute atomic E-state index is 11.4. The highest BCUT2D eigenvalue weighted by Crippen LogP contribution is 2.17. The topological polar surface area (TPSA) is 43.4 Å². The van der Waals surface area contributed by atoms with Gasteiger partial charge in [-0.2, -0.15) is 8.42 Å². The Labute approximate surface area is 95.1 Å². The van der Waals surface area contributed by atoms with Gasteiger partial charge in [-0.05, 0) is 30.7 Å². The van der Waals surface area contributed by atoms with Crippen LogP contribution in [0, 0.1) is 0 Å². The predicted octanol–water partition coefficient (Wildman–Crippen LogP) is 2.85. The number of unbranched alkanes of at least 4 members (excludes halogenated alkanes) is 1. The molecule has 0 saturated carbocycles. The standard InChI is InChI=1S/C10H13ClO3S/c1-2-3-8-15(12,13)14-10-6-4-9(11)5-7-10/h4-7H,2-3,8H2,1H3. The van der Waals surface area contributed by atoms with Crippen LogP contribution in [0.4, 0.5) is 0 Å². The van der Waals surface area contributed by atoms with E-state index in [2.05, 4.69) is 0 Å². The van der Waals surface area contributed by atoms with Gasteiger partial charge >= 0.3 is 10.1 Å². The van der Waals surface area contributed by atoms with E-state index < -0.39 is 10.1 Å². The third-order valence-corrected chi connectivity index (χ3v) is 3.27. The zero-order chi connectivity index (χ0) is 11.3. The molecule has 0 N–H and O–H groups in total. The SMILES string of the molecule is CCCCS(=O)(=O)Oc1ccc(Cl)cc1. The molecule has 0 heterocycles. The summed E-state index contributed by atoms with van der Waals surface area (Å²) in [5.41, 5.74) is 0. The minimum atomic E-state index is -3.45. The molecule has 0 aliphatic carbocycles. The maximum Gasteiger partial charge on any atom is 0.309 e. The summed E-state index contributed by atoms with van der Waals surface area (Å²) in [7, 11) is -3.45. The highest BCUT2D eigenvalue weighted by Gasteiger charge is 2.11. The van der Waals surface area contributed by atoms with Crippen LogP contribution in [0.2, 0.25) is 5.02 Å². The van der Waals surface area contributed by atoms with Crippen molar-refractivity contribution in [1.29, 1.82) is 0 Å². The van der Waals surface area contributed by atoms with E-state index >= 15 is 0 Å². The van der Waals surface area contributed by atoms with Crippen LogP contribution in [0.3, 0.4) is 0 Å². The van der Waals surface area contributed by atoms with Crippen molar-refractivity contribution >= 4 is 21.7 Å². The van der Waals surface area contributed by atoms with Crippen molar-refractivity contribution in [3.8, 4) is 5.75 Å². The molecule has 0 spiro atoms. The first kappa shape index (κ1) is 12.3. The first-order valence-corrected chi connectivity index (χ1v) is 6.67. The van der Waals surface area contributed by atoms with Gasteiger partial charge in [0.1, 0.15) is 5.75 Å². The van der Waals surface area contributed by atoms with Crippen molar-refractivity contribution < 1.29 is 12.6 Å². The van der Waals surface area contributed by atoms with Crippen LogP contribution in [0.1, 0.15) is 19.8 Å². The quantitative estimate of drug-likeness (QED) is 0.753. The molecule has 15 heavy (non-hydrogen) atoms. The van der Waals surface area contributed by atoms with Crippen LogP contribution in [-0.2, 0) is 10.1 Å². The molecule has 84 valence electrons. The normalized spacial score (nSPS) is 11.3. The zero-order valence-corrected chi connectivity index (χ0v) is 10.0. The van der Waals surface area contributed by atoms with Gasteiger partial charge in [0, 0.05) is 5.02 Å². The number of benzene rings is 1. The van der Waals surface area contributed by atoms with Crippen LogP contribution >= 0.6 is 11.6 Å². The number of rotatable bonds is 5. The molecule has 0 radical (unpaired) electrons. The Balaban J connectivity index is 2.65. The lowest BCUT2D eigenvalue weighted by atomic mass is 10.3. The van der Waals surface area contributed by atoms with Crippen LogP contribution in [-0.4, -0.2) is 14.2 Å². The van der Waals surface area contributed by atoms with Gasteiger partial charge in [0.25, 0.3) is 0 Å². The molecule has 0 aliphatic heterocycles. The monoisotopic (exact) mass is 248 g/mol. The molecule has 0 atom stereocenters. The van der Waals surface area contributed by atoms with Gasteiger partial charge in [0.05, 0.1) is 5.75 Å². The molecule has 0 amide bonds. The first-order chi connectivity index (χ1) is 7.03. The van der Waals surface area contributed by atoms with E-state index in [1.807, 2.05) is 6.92 Å². The summed E-state index contributed by atoms with van der Waals surface area (Å²) in [4.78, 5) is 0. The number of hydrogen-bond acceptors (Lipinski definition) is 3. The highest BCUT2D eigenvalue weighted by atomic mass is 35.5. The Morgan fingerprint density at radius 1 is 1.27 bits per heavy atom. The van der Waals surface area contributed by atoms with E-state index in [9.17, 15) is 8.42 Å². The van der Waals surface area contributed by atoms with E-state index in [0.717, 1.165) is 6.42 Å². The van der Waals surface area contributed by atoms with Gasteiger partial charge in [0.15, 0.2) is 0 Å². The van der Waals surface area contributed by atoms with Gasteiger partial charge in [-0.3, -0.25) is 0 Å². The molecular weight excluding hydrogens is 236 g/mol. The van der Waals surface area contributed by atoms with Gasteiger partial charge in [-0.15, -0.1) is 0 Å². The predicted molar refractivity (Wildman–Crippen MR) is 60.8 cm³/mol. The van der Waals surface area contributed by atoms with E-state index in [4.69, 9.17) is 15.8 Å². The summed E-state index contributed by atoms with van der Waals surface area (Å²) in [6, 6.07) is 6.25. The van der Waals surface area contributed by atoms with Crippen molar-refractivity contribution in [3.63, 3.8) is 0 Å². The molecular formula is C10H13ClO3S. The molecule has 0 unspecified atom stereocenters. The van der Waals surface area contributed by atoms with Crippen LogP contribution in [0.25, 0.3) is 0 Å². The largest absolute Gasteiger partial charge is 0.382 e. The Kier molecular flexibility index (Phi) is 4.42. The van der Waals surface area contributed by atoms with E-state index in [0.29, 0.717) is 17.2 Å². The Hall–Kier alpha value is -0.740. The van der Waals surface area contributed by atoms with Crippen LogP contribution < -0.4 is 4.18 Å². The number of halogens is 1. The second-order valence-electron chi connectivity index (χ2n) is 3.15. The summed E-state index contributed by atoms with van der Waals surface area (Å²) < 4.78 is 27.6. The molecule has 1 aromatic rings. The fourth-order valence-corrected chi connectivity index (χ4v) is 2.26. The molecule has 1 rings (SSSR count). The molecule has 5 heteroatoms. The summed E-state index contributed by atoms with van der Waals surface area (Å²) in [6.07, 6.45) is 1.43. The average molecular weight is 249 g/mol. The van der Waals surface area contributed by atoms with Crippen LogP contribution in [0.15, 0.2) is 24.3 Å². The summed E-state index contributed by atoms with van der Waals surface area (Å²) in [5.74, 6) is 0.349. The summed E-state index contributed by atoms with van der Waals surface area (Å²) in [5, 5.41) is 0.549. The zero-order valence-electron chi connectivity index (χ0n) is 8.44. The van der Waals surface area contributed by atoms with Crippen molar-refractivity contribution in [2.45, 2.75) is 19.8 Å². The van der Waals surface area contributed by atoms with Gasteiger partial charge < -0.3 is 4.18 Å². The van der Waals surface area contributed by atoms with Crippen molar-refractivity contribution in [2.24, 2.45) is 0 Å². The minimum Gasteiger partial charge on any atom is -0.382 e. The number of hydrogen-bond donors (Lipinski definition) is 0. The minimum absolute atomic E-state index is 0.0477. The van der Waals surface area contributed by atoms with E-state index in [1.54, 1.807) is 12.1 Å². The summed E-state index contributed by atoms with van der Waals surface area (Å²) in [6.45, 7) is 1.93. The fraction of sp³-hybridized carbons (Fsp3) is 0.400. The molecule has 0 aliphatic rings. The fourth-order valence-electron chi connectivity index (χ4n) is 1.000. The smallest absolute Gasteiger partial charge is 0.309 e. The third kappa shape index (κ3) is 4.53. The van der Waals surface area contributed by atoms with Crippen molar-refractivity contribution in [1.82, 2.24) is 0 Å². The van der Waals surface area contributed by atoms with Gasteiger partial charge in [0.2, 0.25) is 0 Å². The first-order valence-electron chi connectivity index (χ1n) is 4.71. The Morgan fingerprint density at radius 2 is 1.87 bits per heavy atom. The lowest BCUT2D eigenvalue weighted by molar-refractivity contribution is 0.483. The average Bonchev–Trinajstić information content (AvgIpc) is 2.18. The molecule has 0 bridgehead atoms. The van der Waals surface area contributed by atoms with Crippen LogP contribution in [0.5, 0.6) is 5.75 Å². The molecule has 0 aromatic heterocycles. The van der Waals surface area contributed by atoms with E-state index in [-0.39, 0.29) is 5.75 Å². The highest BCUT2D eigenvalue weighted by molar-refractivity contribution is 7.87. The summed E-state index contributed by atoms with van der Waals surface area (Å²) >= 11 is 5.66. The van der Waals surface area contributed by atoms with Crippen molar-refractivity contribution in [3.05, 3.63) is 29.3 Å². The molecule has 0 fully saturated rings. The molecule has 3 nitrogen and oxygen atoms in total. The Morgan fingerprint density at radius 3 is 2.40 bits per heavy atom. The Bertz CT molecular complexity index is 397. The molecule has 1 aromatic carbocycles. The lowest BCUT2D eigenvalue weighted by Gasteiger charge is -2.05. The second kappa shape index (κ2) is 5.37. The van der Waals surface area contributed by atoms with Gasteiger partial charge in [-0.25, -0.2) is 0 Å². The maximum atomic E-state index is 11.4. The van der Waals surface area contributed by atoms with E-state index in [1.165, 1.54) is 12.1 Å².